The lowest BCUT2D eigenvalue weighted by atomic mass is 10.2. The molecule has 2 rings (SSSR count). The Balaban J connectivity index is 1.86. The molecular formula is C14H14BrN3O2S2. The van der Waals surface area contributed by atoms with Gasteiger partial charge in [-0.2, -0.15) is 0 Å². The number of benzene rings is 2. The van der Waals surface area contributed by atoms with Crippen LogP contribution in [0.15, 0.2) is 64.0 Å². The van der Waals surface area contributed by atoms with Crippen LogP contribution in [-0.2, 0) is 16.6 Å². The van der Waals surface area contributed by atoms with Crippen molar-refractivity contribution in [3.05, 3.63) is 64.6 Å². The van der Waals surface area contributed by atoms with Gasteiger partial charge < -0.3 is 5.32 Å². The molecule has 0 radical (unpaired) electrons. The highest BCUT2D eigenvalue weighted by Gasteiger charge is 2.13. The van der Waals surface area contributed by atoms with Gasteiger partial charge in [0.2, 0.25) is 0 Å². The highest BCUT2D eigenvalue weighted by atomic mass is 79.9. The van der Waals surface area contributed by atoms with E-state index in [9.17, 15) is 8.42 Å². The summed E-state index contributed by atoms with van der Waals surface area (Å²) in [5, 5.41) is 3.12. The van der Waals surface area contributed by atoms with Gasteiger partial charge in [0.05, 0.1) is 4.90 Å². The number of nitrogens with one attached hydrogen (secondary N) is 3. The summed E-state index contributed by atoms with van der Waals surface area (Å²) in [7, 11) is -3.66. The van der Waals surface area contributed by atoms with E-state index >= 15 is 0 Å². The minimum atomic E-state index is -3.66. The molecule has 116 valence electrons. The Bertz CT molecular complexity index is 734. The van der Waals surface area contributed by atoms with Crippen LogP contribution in [0.5, 0.6) is 0 Å². The van der Waals surface area contributed by atoms with Gasteiger partial charge in [-0.1, -0.05) is 46.3 Å². The molecule has 5 nitrogen and oxygen atoms in total. The zero-order chi connectivity index (χ0) is 16.0. The fraction of sp³-hybridized carbons (Fsp3) is 0.0714. The zero-order valence-corrected chi connectivity index (χ0v) is 14.6. The number of hydrazine groups is 1. The molecule has 0 bridgehead atoms. The second kappa shape index (κ2) is 7.68. The number of hydrogen-bond donors (Lipinski definition) is 3. The molecule has 0 aliphatic carbocycles. The van der Waals surface area contributed by atoms with Crippen LogP contribution in [0.25, 0.3) is 0 Å². The van der Waals surface area contributed by atoms with Crippen molar-refractivity contribution < 1.29 is 8.42 Å². The molecule has 2 aromatic rings. The van der Waals surface area contributed by atoms with Crippen LogP contribution in [0.3, 0.4) is 0 Å². The summed E-state index contributed by atoms with van der Waals surface area (Å²) in [6.45, 7) is 0.507. The van der Waals surface area contributed by atoms with Crippen LogP contribution >= 0.6 is 28.1 Å². The van der Waals surface area contributed by atoms with Crippen molar-refractivity contribution in [1.29, 1.82) is 0 Å². The van der Waals surface area contributed by atoms with Crippen molar-refractivity contribution in [1.82, 2.24) is 15.6 Å². The first kappa shape index (κ1) is 16.9. The molecule has 8 heteroatoms. The Morgan fingerprint density at radius 1 is 1.05 bits per heavy atom. The highest BCUT2D eigenvalue weighted by Crippen LogP contribution is 2.13. The minimum absolute atomic E-state index is 0.147. The smallest absolute Gasteiger partial charge is 0.257 e. The number of hydrogen-bond acceptors (Lipinski definition) is 3. The van der Waals surface area contributed by atoms with Gasteiger partial charge >= 0.3 is 0 Å². The molecule has 0 heterocycles. The van der Waals surface area contributed by atoms with Crippen LogP contribution in [0.1, 0.15) is 5.56 Å². The van der Waals surface area contributed by atoms with E-state index in [4.69, 9.17) is 12.2 Å². The normalized spacial score (nSPS) is 11.0. The van der Waals surface area contributed by atoms with Crippen LogP contribution in [-0.4, -0.2) is 13.5 Å². The van der Waals surface area contributed by atoms with Crippen molar-refractivity contribution in [2.75, 3.05) is 0 Å². The van der Waals surface area contributed by atoms with Crippen molar-refractivity contribution >= 4 is 43.3 Å². The largest absolute Gasteiger partial charge is 0.358 e. The predicted octanol–water partition coefficient (Wildman–Crippen LogP) is 2.31. The Kier molecular flexibility index (Phi) is 5.90. The maximum absolute atomic E-state index is 12.0. The Morgan fingerprint density at radius 2 is 1.68 bits per heavy atom. The molecule has 0 aliphatic rings. The standard InChI is InChI=1S/C14H14BrN3O2S2/c15-12-6-8-13(9-7-12)22(19,20)18-17-14(21)16-10-11-4-2-1-3-5-11/h1-9,18H,10H2,(H2,16,17,21). The lowest BCUT2D eigenvalue weighted by molar-refractivity contribution is 0.576. The van der Waals surface area contributed by atoms with Gasteiger partial charge in [-0.3, -0.25) is 5.43 Å². The Hall–Kier alpha value is -1.48. The van der Waals surface area contributed by atoms with Crippen LogP contribution in [0.2, 0.25) is 0 Å². The SMILES string of the molecule is O=S(=O)(NNC(=S)NCc1ccccc1)c1ccc(Br)cc1. The molecule has 0 aliphatic heterocycles. The molecule has 3 N–H and O–H groups in total. The van der Waals surface area contributed by atoms with E-state index in [0.29, 0.717) is 6.54 Å². The topological polar surface area (TPSA) is 70.2 Å². The lowest BCUT2D eigenvalue weighted by Gasteiger charge is -2.12. The maximum Gasteiger partial charge on any atom is 0.257 e. The molecule has 0 saturated heterocycles. The molecule has 22 heavy (non-hydrogen) atoms. The molecule has 0 spiro atoms. The van der Waals surface area contributed by atoms with Crippen molar-refractivity contribution in [3.63, 3.8) is 0 Å². The first-order valence-electron chi connectivity index (χ1n) is 6.32. The van der Waals surface area contributed by atoms with Crippen molar-refractivity contribution in [2.45, 2.75) is 11.4 Å². The molecule has 0 saturated carbocycles. The average molecular weight is 400 g/mol. The molecule has 0 amide bonds. The molecule has 0 unspecified atom stereocenters. The van der Waals surface area contributed by atoms with Crippen molar-refractivity contribution in [3.8, 4) is 0 Å². The van der Waals surface area contributed by atoms with Gasteiger partial charge in [0.25, 0.3) is 10.0 Å². The van der Waals surface area contributed by atoms with Gasteiger partial charge in [0, 0.05) is 11.0 Å². The van der Waals surface area contributed by atoms with Crippen LogP contribution in [0, 0.1) is 0 Å². The first-order chi connectivity index (χ1) is 10.5. The predicted molar refractivity (Wildman–Crippen MR) is 93.5 cm³/mol. The fourth-order valence-corrected chi connectivity index (χ4v) is 2.91. The van der Waals surface area contributed by atoms with Crippen molar-refractivity contribution in [2.24, 2.45) is 0 Å². The van der Waals surface area contributed by atoms with E-state index in [1.807, 2.05) is 30.3 Å². The van der Waals surface area contributed by atoms with E-state index in [2.05, 4.69) is 31.5 Å². The van der Waals surface area contributed by atoms with Gasteiger partial charge in [-0.15, -0.1) is 4.83 Å². The number of halogens is 1. The highest BCUT2D eigenvalue weighted by molar-refractivity contribution is 9.10. The summed E-state index contributed by atoms with van der Waals surface area (Å²) in [5.41, 5.74) is 3.52. The van der Waals surface area contributed by atoms with E-state index in [-0.39, 0.29) is 10.0 Å². The summed E-state index contributed by atoms with van der Waals surface area (Å²) in [5.74, 6) is 0. The second-order valence-corrected chi connectivity index (χ2v) is 7.36. The summed E-state index contributed by atoms with van der Waals surface area (Å²) in [6.07, 6.45) is 0. The van der Waals surface area contributed by atoms with Gasteiger partial charge in [-0.25, -0.2) is 8.42 Å². The van der Waals surface area contributed by atoms with Gasteiger partial charge in [0.1, 0.15) is 0 Å². The summed E-state index contributed by atoms with van der Waals surface area (Å²) < 4.78 is 24.9. The molecule has 2 aromatic carbocycles. The number of sulfonamides is 1. The fourth-order valence-electron chi connectivity index (χ4n) is 1.61. The minimum Gasteiger partial charge on any atom is -0.358 e. The maximum atomic E-state index is 12.0. The van der Waals surface area contributed by atoms with Crippen LogP contribution in [0.4, 0.5) is 0 Å². The third-order valence-corrected chi connectivity index (χ3v) is 4.76. The quantitative estimate of drug-likeness (QED) is 0.531. The van der Waals surface area contributed by atoms with E-state index < -0.39 is 10.0 Å². The van der Waals surface area contributed by atoms with Gasteiger partial charge in [-0.05, 0) is 42.0 Å². The summed E-state index contributed by atoms with van der Waals surface area (Å²) in [4.78, 5) is 2.38. The molecular weight excluding hydrogens is 386 g/mol. The van der Waals surface area contributed by atoms with Crippen LogP contribution < -0.4 is 15.6 Å². The third-order valence-electron chi connectivity index (χ3n) is 2.72. The Morgan fingerprint density at radius 3 is 2.32 bits per heavy atom. The second-order valence-electron chi connectivity index (χ2n) is 4.35. The summed E-state index contributed by atoms with van der Waals surface area (Å²) >= 11 is 8.29. The molecule has 0 aromatic heterocycles. The average Bonchev–Trinajstić information content (AvgIpc) is 2.52. The first-order valence-corrected chi connectivity index (χ1v) is 9.01. The molecule has 0 atom stereocenters. The monoisotopic (exact) mass is 399 g/mol. The lowest BCUT2D eigenvalue weighted by Crippen LogP contribution is -2.46. The summed E-state index contributed by atoms with van der Waals surface area (Å²) in [6, 6.07) is 16.0. The number of thiocarbonyl (C=S) groups is 1. The zero-order valence-electron chi connectivity index (χ0n) is 11.4. The number of rotatable bonds is 5. The Labute approximate surface area is 143 Å². The third kappa shape index (κ3) is 5.06. The van der Waals surface area contributed by atoms with E-state index in [0.717, 1.165) is 10.0 Å². The van der Waals surface area contributed by atoms with E-state index in [1.165, 1.54) is 12.1 Å². The molecule has 0 fully saturated rings. The van der Waals surface area contributed by atoms with E-state index in [1.54, 1.807) is 12.1 Å². The van der Waals surface area contributed by atoms with Gasteiger partial charge in [0.15, 0.2) is 5.11 Å².